The van der Waals surface area contributed by atoms with Crippen molar-refractivity contribution in [2.24, 2.45) is 0 Å². The molecule has 0 N–H and O–H groups in total. The second-order valence-corrected chi connectivity index (χ2v) is 11.0. The van der Waals surface area contributed by atoms with Gasteiger partial charge in [0.25, 0.3) is 0 Å². The van der Waals surface area contributed by atoms with Crippen LogP contribution in [0.1, 0.15) is 0 Å². The third kappa shape index (κ3) is 7.12. The van der Waals surface area contributed by atoms with Crippen molar-refractivity contribution < 1.29 is 94.2 Å². The first-order chi connectivity index (χ1) is 18.0. The maximum atomic E-state index is 11.7. The second-order valence-electron chi connectivity index (χ2n) is 8.20. The van der Waals surface area contributed by atoms with Crippen molar-refractivity contribution in [3.63, 3.8) is 0 Å². The number of hydrogen-bond acceptors (Lipinski definition) is 9. The monoisotopic (exact) mass is 594 g/mol. The first kappa shape index (κ1) is 32.2. The van der Waals surface area contributed by atoms with E-state index in [0.717, 1.165) is 0 Å². The number of ether oxygens (including phenoxy) is 1. The van der Waals surface area contributed by atoms with Gasteiger partial charge in [0.05, 0.1) is 9.79 Å². The molecular weight excluding hydrogens is 578 g/mol. The van der Waals surface area contributed by atoms with Crippen LogP contribution in [0.25, 0.3) is 33.2 Å². The minimum Gasteiger partial charge on any atom is -0.744 e. The number of rotatable bonds is 6. The SMILES string of the molecule is O=c1ccc2ccc(Oc3c(-c4ccc(S(=O)(=O)[O-])cc4)cccc3-c3ccc(S(=O)(=O)[O-])cc3)cc2o1.[Na+].[Na+]. The molecule has 0 atom stereocenters. The first-order valence-electron chi connectivity index (χ1n) is 11.0. The second kappa shape index (κ2) is 12.7. The van der Waals surface area contributed by atoms with Crippen LogP contribution in [-0.2, 0) is 20.2 Å². The third-order valence-corrected chi connectivity index (χ3v) is 7.44. The fraction of sp³-hybridized carbons (Fsp3) is 0. The average Bonchev–Trinajstić information content (AvgIpc) is 2.88. The van der Waals surface area contributed by atoms with E-state index >= 15 is 0 Å². The number of hydrogen-bond donors (Lipinski definition) is 0. The first-order valence-corrected chi connectivity index (χ1v) is 13.8. The van der Waals surface area contributed by atoms with Crippen molar-refractivity contribution in [3.8, 4) is 33.8 Å². The summed E-state index contributed by atoms with van der Waals surface area (Å²) in [6.45, 7) is 0. The predicted molar refractivity (Wildman–Crippen MR) is 136 cm³/mol. The number of benzene rings is 4. The standard InChI is InChI=1S/C27H18O9S2.2Na/c28-26-15-9-19-4-10-20(16-25(19)36-26)35-27-23(17-5-11-21(12-6-17)37(29,30)31)2-1-3-24(27)18-7-13-22(14-8-18)38(32,33)34;;/h1-16H,(H,29,30,31)(H,32,33,34);;/q;2*+1/p-2. The molecule has 0 aliphatic carbocycles. The molecule has 0 bridgehead atoms. The number of para-hydroxylation sites is 1. The van der Waals surface area contributed by atoms with Crippen LogP contribution in [0.4, 0.5) is 0 Å². The maximum Gasteiger partial charge on any atom is 1.00 e. The minimum atomic E-state index is -4.64. The van der Waals surface area contributed by atoms with Crippen LogP contribution in [0.15, 0.2) is 116 Å². The van der Waals surface area contributed by atoms with E-state index < -0.39 is 25.9 Å². The van der Waals surface area contributed by atoms with Crippen molar-refractivity contribution in [1.82, 2.24) is 0 Å². The van der Waals surface area contributed by atoms with Gasteiger partial charge in [0.15, 0.2) is 0 Å². The van der Waals surface area contributed by atoms with E-state index in [1.54, 1.807) is 36.4 Å². The maximum absolute atomic E-state index is 11.7. The van der Waals surface area contributed by atoms with Gasteiger partial charge in [0.2, 0.25) is 0 Å². The average molecular weight is 595 g/mol. The molecule has 5 aromatic rings. The largest absolute Gasteiger partial charge is 1.00 e. The molecule has 9 nitrogen and oxygen atoms in total. The third-order valence-electron chi connectivity index (χ3n) is 5.74. The zero-order valence-corrected chi connectivity index (χ0v) is 26.9. The zero-order valence-electron chi connectivity index (χ0n) is 21.2. The molecule has 13 heteroatoms. The molecule has 5 rings (SSSR count). The van der Waals surface area contributed by atoms with Gasteiger partial charge in [-0.3, -0.25) is 0 Å². The summed E-state index contributed by atoms with van der Waals surface area (Å²) in [5.41, 5.74) is 1.86. The quantitative estimate of drug-likeness (QED) is 0.133. The molecule has 0 saturated carbocycles. The zero-order chi connectivity index (χ0) is 27.1. The fourth-order valence-electron chi connectivity index (χ4n) is 3.93. The molecule has 0 radical (unpaired) electrons. The summed E-state index contributed by atoms with van der Waals surface area (Å²) in [6.07, 6.45) is 0. The summed E-state index contributed by atoms with van der Waals surface area (Å²) >= 11 is 0. The minimum absolute atomic E-state index is 0. The molecule has 0 saturated heterocycles. The van der Waals surface area contributed by atoms with E-state index in [2.05, 4.69) is 0 Å². The van der Waals surface area contributed by atoms with E-state index in [9.17, 15) is 30.7 Å². The van der Waals surface area contributed by atoms with E-state index in [0.29, 0.717) is 44.7 Å². The summed E-state index contributed by atoms with van der Waals surface area (Å²) in [4.78, 5) is 10.9. The summed E-state index contributed by atoms with van der Waals surface area (Å²) in [5, 5.41) is 0.675. The molecule has 0 fully saturated rings. The van der Waals surface area contributed by atoms with Gasteiger partial charge in [-0.25, -0.2) is 21.6 Å². The molecular formula is C27H16Na2O9S2. The van der Waals surface area contributed by atoms with Gasteiger partial charge < -0.3 is 18.3 Å². The van der Waals surface area contributed by atoms with Crippen molar-refractivity contribution in [1.29, 1.82) is 0 Å². The van der Waals surface area contributed by atoms with Crippen molar-refractivity contribution in [3.05, 3.63) is 107 Å². The molecule has 40 heavy (non-hydrogen) atoms. The van der Waals surface area contributed by atoms with E-state index in [1.165, 1.54) is 60.7 Å². The van der Waals surface area contributed by atoms with Gasteiger partial charge in [-0.05, 0) is 53.6 Å². The summed E-state index contributed by atoms with van der Waals surface area (Å²) in [7, 11) is -9.29. The molecule has 0 amide bonds. The Labute approximate surface area is 273 Å². The molecule has 0 aliphatic heterocycles. The fourth-order valence-corrected chi connectivity index (χ4v) is 4.87. The summed E-state index contributed by atoms with van der Waals surface area (Å²) in [6, 6.07) is 23.6. The Balaban J connectivity index is 0.00000220. The Morgan fingerprint density at radius 1 is 0.625 bits per heavy atom. The number of fused-ring (bicyclic) bond motifs is 1. The van der Waals surface area contributed by atoms with E-state index in [-0.39, 0.29) is 68.9 Å². The van der Waals surface area contributed by atoms with Crippen LogP contribution in [-0.4, -0.2) is 25.9 Å². The van der Waals surface area contributed by atoms with E-state index in [4.69, 9.17) is 9.15 Å². The van der Waals surface area contributed by atoms with Crippen LogP contribution < -0.4 is 69.5 Å². The van der Waals surface area contributed by atoms with Crippen LogP contribution in [0.5, 0.6) is 11.5 Å². The summed E-state index contributed by atoms with van der Waals surface area (Å²) < 4.78 is 79.8. The van der Waals surface area contributed by atoms with Gasteiger partial charge in [-0.2, -0.15) is 0 Å². The topological polar surface area (TPSA) is 154 Å². The molecule has 0 spiro atoms. The molecule has 1 aromatic heterocycles. The molecule has 192 valence electrons. The molecule has 4 aromatic carbocycles. The van der Waals surface area contributed by atoms with Crippen LogP contribution in [0.2, 0.25) is 0 Å². The van der Waals surface area contributed by atoms with Crippen molar-refractivity contribution in [2.45, 2.75) is 9.79 Å². The summed E-state index contributed by atoms with van der Waals surface area (Å²) in [5.74, 6) is 0.624. The van der Waals surface area contributed by atoms with Gasteiger partial charge in [-0.1, -0.05) is 42.5 Å². The van der Waals surface area contributed by atoms with Crippen molar-refractivity contribution in [2.75, 3.05) is 0 Å². The Kier molecular flexibility index (Phi) is 10.2. The van der Waals surface area contributed by atoms with Gasteiger partial charge in [0.1, 0.15) is 37.3 Å². The molecule has 1 heterocycles. The Morgan fingerprint density at radius 2 is 1.10 bits per heavy atom. The van der Waals surface area contributed by atoms with Crippen molar-refractivity contribution >= 4 is 31.2 Å². The predicted octanol–water partition coefficient (Wildman–Crippen LogP) is -1.26. The van der Waals surface area contributed by atoms with Crippen LogP contribution in [0, 0.1) is 0 Å². The smallest absolute Gasteiger partial charge is 0.744 e. The Bertz CT molecular complexity index is 1860. The Hall–Kier alpha value is -2.29. The molecule has 0 unspecified atom stereocenters. The normalized spacial score (nSPS) is 11.3. The van der Waals surface area contributed by atoms with Gasteiger partial charge in [0, 0.05) is 28.6 Å². The van der Waals surface area contributed by atoms with Gasteiger partial charge >= 0.3 is 64.7 Å². The Morgan fingerprint density at radius 3 is 1.57 bits per heavy atom. The van der Waals surface area contributed by atoms with Crippen LogP contribution >= 0.6 is 0 Å². The van der Waals surface area contributed by atoms with Gasteiger partial charge in [-0.15, -0.1) is 0 Å². The van der Waals surface area contributed by atoms with Crippen LogP contribution in [0.3, 0.4) is 0 Å². The molecule has 0 aliphatic rings. The van der Waals surface area contributed by atoms with E-state index in [1.807, 2.05) is 0 Å².